The van der Waals surface area contributed by atoms with E-state index in [1.807, 2.05) is 0 Å². The van der Waals surface area contributed by atoms with Crippen LogP contribution < -0.4 is 0 Å². The Bertz CT molecular complexity index is 850. The van der Waals surface area contributed by atoms with Crippen LogP contribution in [0.5, 0.6) is 0 Å². The highest BCUT2D eigenvalue weighted by Crippen LogP contribution is 2.41. The molecule has 1 aliphatic rings. The van der Waals surface area contributed by atoms with Crippen LogP contribution in [-0.2, 0) is 14.6 Å². The van der Waals surface area contributed by atoms with Gasteiger partial charge < -0.3 is 4.52 Å². The molecule has 9 heteroatoms. The van der Waals surface area contributed by atoms with Gasteiger partial charge in [0.05, 0.1) is 5.25 Å². The molecule has 0 atom stereocenters. The second-order valence-corrected chi connectivity index (χ2v) is 8.71. The normalized spacial score (nSPS) is 15.9. The molecule has 1 saturated carbocycles. The van der Waals surface area contributed by atoms with E-state index in [-0.39, 0.29) is 17.3 Å². The predicted molar refractivity (Wildman–Crippen MR) is 74.6 cm³/mol. The summed E-state index contributed by atoms with van der Waals surface area (Å²) < 4.78 is 67.9. The zero-order valence-corrected chi connectivity index (χ0v) is 13.1. The molecular formula is C14H13F3N2O3S. The number of rotatable bonds is 4. The van der Waals surface area contributed by atoms with E-state index < -0.39 is 37.3 Å². The zero-order valence-electron chi connectivity index (χ0n) is 12.3. The van der Waals surface area contributed by atoms with Crippen LogP contribution in [0.4, 0.5) is 13.2 Å². The van der Waals surface area contributed by atoms with E-state index in [1.54, 1.807) is 0 Å². The molecule has 2 aromatic rings. The van der Waals surface area contributed by atoms with Gasteiger partial charge in [-0.2, -0.15) is 4.98 Å². The molecule has 0 unspecified atom stereocenters. The van der Waals surface area contributed by atoms with Gasteiger partial charge in [0.1, 0.15) is 4.75 Å². The van der Waals surface area contributed by atoms with Crippen LogP contribution in [0.25, 0.3) is 11.4 Å². The lowest BCUT2D eigenvalue weighted by atomic mass is 10.2. The molecule has 1 aromatic carbocycles. The van der Waals surface area contributed by atoms with Crippen molar-refractivity contribution in [3.05, 3.63) is 35.5 Å². The Hall–Kier alpha value is -1.90. The first-order valence-electron chi connectivity index (χ1n) is 6.87. The Morgan fingerprint density at radius 2 is 1.74 bits per heavy atom. The highest BCUT2D eigenvalue weighted by molar-refractivity contribution is 7.93. The summed E-state index contributed by atoms with van der Waals surface area (Å²) in [6.07, 6.45) is 1.17. The summed E-state index contributed by atoms with van der Waals surface area (Å²) in [6, 6.07) is 1.44. The summed E-state index contributed by atoms with van der Waals surface area (Å²) in [7, 11) is -3.51. The number of halogens is 3. The van der Waals surface area contributed by atoms with Crippen molar-refractivity contribution in [1.29, 1.82) is 0 Å². The molecule has 23 heavy (non-hydrogen) atoms. The summed E-state index contributed by atoms with van der Waals surface area (Å²) in [5.41, 5.74) is -0.143. The minimum Gasteiger partial charge on any atom is -0.337 e. The topological polar surface area (TPSA) is 73.1 Å². The summed E-state index contributed by atoms with van der Waals surface area (Å²) in [4.78, 5) is 3.93. The van der Waals surface area contributed by atoms with E-state index in [0.29, 0.717) is 12.8 Å². The van der Waals surface area contributed by atoms with Gasteiger partial charge in [-0.05, 0) is 38.8 Å². The third-order valence-corrected chi connectivity index (χ3v) is 6.80. The van der Waals surface area contributed by atoms with Crippen molar-refractivity contribution in [2.75, 3.05) is 0 Å². The number of nitrogens with zero attached hydrogens (tertiary/aromatic N) is 2. The van der Waals surface area contributed by atoms with Crippen molar-refractivity contribution in [1.82, 2.24) is 10.1 Å². The van der Waals surface area contributed by atoms with Gasteiger partial charge in [-0.15, -0.1) is 0 Å². The Balaban J connectivity index is 2.01. The van der Waals surface area contributed by atoms with Crippen LogP contribution in [0.1, 0.15) is 32.6 Å². The minimum absolute atomic E-state index is 0.143. The average Bonchev–Trinajstić information content (AvgIpc) is 3.21. The van der Waals surface area contributed by atoms with E-state index >= 15 is 0 Å². The molecular weight excluding hydrogens is 333 g/mol. The van der Waals surface area contributed by atoms with Crippen molar-refractivity contribution >= 4 is 9.84 Å². The standard InChI is InChI=1S/C14H13F3N2O3S/c1-14(2,23(20,21)8-3-4-8)13-18-12(19-22-13)7-5-9(15)11(17)10(16)6-7/h5-6,8H,3-4H2,1-2H3. The quantitative estimate of drug-likeness (QED) is 0.796. The maximum absolute atomic E-state index is 13.3. The van der Waals surface area contributed by atoms with E-state index in [2.05, 4.69) is 10.1 Å². The van der Waals surface area contributed by atoms with Gasteiger partial charge in [0.2, 0.25) is 11.7 Å². The fourth-order valence-electron chi connectivity index (χ4n) is 2.19. The lowest BCUT2D eigenvalue weighted by Crippen LogP contribution is -2.32. The Kier molecular flexibility index (Phi) is 3.51. The molecule has 0 amide bonds. The van der Waals surface area contributed by atoms with E-state index in [4.69, 9.17) is 4.52 Å². The molecule has 124 valence electrons. The third-order valence-electron chi connectivity index (χ3n) is 3.86. The molecule has 3 rings (SSSR count). The van der Waals surface area contributed by atoms with Gasteiger partial charge in [-0.1, -0.05) is 5.16 Å². The van der Waals surface area contributed by atoms with Crippen molar-refractivity contribution in [2.24, 2.45) is 0 Å². The van der Waals surface area contributed by atoms with Gasteiger partial charge in [0.15, 0.2) is 27.3 Å². The zero-order chi connectivity index (χ0) is 17.0. The Labute approximate surface area is 130 Å². The van der Waals surface area contributed by atoms with Crippen molar-refractivity contribution in [3.63, 3.8) is 0 Å². The molecule has 0 N–H and O–H groups in total. The molecule has 1 heterocycles. The molecule has 0 bridgehead atoms. The van der Waals surface area contributed by atoms with Crippen molar-refractivity contribution < 1.29 is 26.1 Å². The smallest absolute Gasteiger partial charge is 0.247 e. The van der Waals surface area contributed by atoms with Gasteiger partial charge in [0, 0.05) is 5.56 Å². The fraction of sp³-hybridized carbons (Fsp3) is 0.429. The lowest BCUT2D eigenvalue weighted by Gasteiger charge is -2.19. The number of hydrogen-bond acceptors (Lipinski definition) is 5. The van der Waals surface area contributed by atoms with Crippen LogP contribution in [0.2, 0.25) is 0 Å². The van der Waals surface area contributed by atoms with Gasteiger partial charge in [-0.25, -0.2) is 21.6 Å². The summed E-state index contributed by atoms with van der Waals surface area (Å²) in [5.74, 6) is -4.78. The van der Waals surface area contributed by atoms with E-state index in [1.165, 1.54) is 13.8 Å². The van der Waals surface area contributed by atoms with Crippen LogP contribution in [0, 0.1) is 17.5 Å². The second-order valence-electron chi connectivity index (χ2n) is 5.93. The number of hydrogen-bond donors (Lipinski definition) is 0. The molecule has 0 spiro atoms. The Morgan fingerprint density at radius 1 is 1.17 bits per heavy atom. The SMILES string of the molecule is CC(C)(c1nc(-c2cc(F)c(F)c(F)c2)no1)S(=O)(=O)C1CC1. The first-order chi connectivity index (χ1) is 10.6. The highest BCUT2D eigenvalue weighted by atomic mass is 32.2. The van der Waals surface area contributed by atoms with E-state index in [9.17, 15) is 21.6 Å². The summed E-state index contributed by atoms with van der Waals surface area (Å²) >= 11 is 0. The van der Waals surface area contributed by atoms with Gasteiger partial charge in [-0.3, -0.25) is 0 Å². The van der Waals surface area contributed by atoms with Crippen LogP contribution in [0.15, 0.2) is 16.7 Å². The monoisotopic (exact) mass is 346 g/mol. The maximum Gasteiger partial charge on any atom is 0.247 e. The van der Waals surface area contributed by atoms with E-state index in [0.717, 1.165) is 12.1 Å². The third kappa shape index (κ3) is 2.52. The van der Waals surface area contributed by atoms with Crippen molar-refractivity contribution in [2.45, 2.75) is 36.7 Å². The molecule has 1 aromatic heterocycles. The molecule has 1 fully saturated rings. The second kappa shape index (κ2) is 5.05. The Morgan fingerprint density at radius 3 is 2.26 bits per heavy atom. The van der Waals surface area contributed by atoms with Gasteiger partial charge in [0.25, 0.3) is 0 Å². The molecule has 1 aliphatic carbocycles. The molecule has 0 saturated heterocycles. The first kappa shape index (κ1) is 16.0. The predicted octanol–water partition coefficient (Wildman–Crippen LogP) is 2.97. The minimum atomic E-state index is -3.51. The number of benzene rings is 1. The summed E-state index contributed by atoms with van der Waals surface area (Å²) in [5, 5.41) is 3.12. The average molecular weight is 346 g/mol. The van der Waals surface area contributed by atoms with Crippen LogP contribution in [0.3, 0.4) is 0 Å². The lowest BCUT2D eigenvalue weighted by molar-refractivity contribution is 0.347. The maximum atomic E-state index is 13.3. The van der Waals surface area contributed by atoms with Crippen LogP contribution in [-0.4, -0.2) is 23.8 Å². The molecule has 0 radical (unpaired) electrons. The largest absolute Gasteiger partial charge is 0.337 e. The van der Waals surface area contributed by atoms with Gasteiger partial charge >= 0.3 is 0 Å². The van der Waals surface area contributed by atoms with Crippen molar-refractivity contribution in [3.8, 4) is 11.4 Å². The number of sulfone groups is 1. The highest BCUT2D eigenvalue weighted by Gasteiger charge is 2.50. The fourth-order valence-corrected chi connectivity index (χ4v) is 4.10. The molecule has 0 aliphatic heterocycles. The number of aromatic nitrogens is 2. The van der Waals surface area contributed by atoms with Crippen LogP contribution >= 0.6 is 0 Å². The molecule has 5 nitrogen and oxygen atoms in total. The summed E-state index contributed by atoms with van der Waals surface area (Å²) in [6.45, 7) is 2.87. The first-order valence-corrected chi connectivity index (χ1v) is 8.42.